The molecule has 3 rings (SSSR count). The van der Waals surface area contributed by atoms with E-state index in [0.29, 0.717) is 17.0 Å². The second kappa shape index (κ2) is 5.70. The molecule has 0 saturated heterocycles. The van der Waals surface area contributed by atoms with Gasteiger partial charge in [0, 0.05) is 28.1 Å². The molecule has 6 heteroatoms. The summed E-state index contributed by atoms with van der Waals surface area (Å²) in [6.07, 6.45) is 0. The fourth-order valence-electron chi connectivity index (χ4n) is 2.83. The molecule has 2 aromatic carbocycles. The van der Waals surface area contributed by atoms with Crippen molar-refractivity contribution in [1.29, 1.82) is 0 Å². The molecule has 0 aliphatic carbocycles. The summed E-state index contributed by atoms with van der Waals surface area (Å²) in [7, 11) is 0. The van der Waals surface area contributed by atoms with Crippen LogP contribution in [0.5, 0.6) is 0 Å². The van der Waals surface area contributed by atoms with E-state index in [4.69, 9.17) is 4.42 Å². The average Bonchev–Trinajstić information content (AvgIpc) is 2.90. The van der Waals surface area contributed by atoms with Gasteiger partial charge < -0.3 is 9.52 Å². The monoisotopic (exact) mass is 334 g/mol. The molecule has 24 heavy (non-hydrogen) atoms. The molecule has 1 N–H and O–H groups in total. The maximum Gasteiger partial charge on any atom is 0.372 e. The molecule has 0 fully saturated rings. The van der Waals surface area contributed by atoms with Crippen molar-refractivity contribution in [3.8, 4) is 11.1 Å². The second-order valence-corrected chi connectivity index (χ2v) is 5.74. The number of carboxylic acid groups (broad SMARTS) is 1. The molecule has 0 radical (unpaired) electrons. The minimum Gasteiger partial charge on any atom is -0.475 e. The van der Waals surface area contributed by atoms with Crippen molar-refractivity contribution >= 4 is 16.9 Å². The number of benzene rings is 2. The van der Waals surface area contributed by atoms with Crippen LogP contribution in [0, 0.1) is 17.5 Å². The standard InChI is InChI=1S/C18H13F3O3/c1-8(2)14-11-5-3-4-10(16(11)24-17(14)18(22)23)12-6-9(19)7-13(20)15(12)21/h3-8H,1-2H3,(H,22,23). The number of aromatic carboxylic acids is 1. The number of carboxylic acids is 1. The molecule has 3 aromatic rings. The van der Waals surface area contributed by atoms with Crippen LogP contribution in [-0.2, 0) is 0 Å². The highest BCUT2D eigenvalue weighted by Gasteiger charge is 2.25. The van der Waals surface area contributed by atoms with Crippen LogP contribution >= 0.6 is 0 Å². The highest BCUT2D eigenvalue weighted by molar-refractivity contribution is 6.01. The van der Waals surface area contributed by atoms with Gasteiger partial charge in [-0.15, -0.1) is 0 Å². The molecule has 0 unspecified atom stereocenters. The van der Waals surface area contributed by atoms with Crippen molar-refractivity contribution in [2.75, 3.05) is 0 Å². The molecule has 1 heterocycles. The van der Waals surface area contributed by atoms with Crippen LogP contribution in [0.25, 0.3) is 22.1 Å². The number of hydrogen-bond donors (Lipinski definition) is 1. The molecule has 124 valence electrons. The fraction of sp³-hybridized carbons (Fsp3) is 0.167. The van der Waals surface area contributed by atoms with Gasteiger partial charge in [-0.05, 0) is 12.0 Å². The van der Waals surface area contributed by atoms with E-state index in [1.807, 2.05) is 0 Å². The molecular weight excluding hydrogens is 321 g/mol. The maximum absolute atomic E-state index is 14.1. The topological polar surface area (TPSA) is 50.4 Å². The Balaban J connectivity index is 2.40. The zero-order chi connectivity index (χ0) is 17.6. The number of fused-ring (bicyclic) bond motifs is 1. The molecule has 0 aliphatic rings. The van der Waals surface area contributed by atoms with Gasteiger partial charge in [0.25, 0.3) is 0 Å². The highest BCUT2D eigenvalue weighted by Crippen LogP contribution is 2.38. The molecule has 3 nitrogen and oxygen atoms in total. The Morgan fingerprint density at radius 1 is 1.12 bits per heavy atom. The smallest absolute Gasteiger partial charge is 0.372 e. The number of para-hydroxylation sites is 1. The molecule has 0 saturated carbocycles. The Labute approximate surface area is 135 Å². The first kappa shape index (κ1) is 16.1. The normalized spacial score (nSPS) is 11.4. The molecule has 0 bridgehead atoms. The first-order valence-corrected chi connectivity index (χ1v) is 7.25. The van der Waals surface area contributed by atoms with Crippen LogP contribution < -0.4 is 0 Å². The lowest BCUT2D eigenvalue weighted by Gasteiger charge is -2.06. The summed E-state index contributed by atoms with van der Waals surface area (Å²) in [6.45, 7) is 3.59. The number of halogens is 3. The van der Waals surface area contributed by atoms with Crippen molar-refractivity contribution in [2.24, 2.45) is 0 Å². The van der Waals surface area contributed by atoms with E-state index < -0.39 is 23.4 Å². The lowest BCUT2D eigenvalue weighted by molar-refractivity contribution is 0.0663. The van der Waals surface area contributed by atoms with Gasteiger partial charge in [0.15, 0.2) is 11.6 Å². The molecular formula is C18H13F3O3. The summed E-state index contributed by atoms with van der Waals surface area (Å²) in [5.74, 6) is -5.16. The first-order valence-electron chi connectivity index (χ1n) is 7.25. The number of rotatable bonds is 3. The van der Waals surface area contributed by atoms with Crippen LogP contribution in [-0.4, -0.2) is 11.1 Å². The third-order valence-electron chi connectivity index (χ3n) is 3.81. The number of carbonyl (C=O) groups is 1. The molecule has 0 aliphatic heterocycles. The number of hydrogen-bond acceptors (Lipinski definition) is 2. The van der Waals surface area contributed by atoms with Crippen LogP contribution in [0.3, 0.4) is 0 Å². The predicted molar refractivity (Wildman–Crippen MR) is 82.6 cm³/mol. The molecule has 1 aromatic heterocycles. The van der Waals surface area contributed by atoms with Crippen molar-refractivity contribution in [1.82, 2.24) is 0 Å². The Morgan fingerprint density at radius 2 is 1.83 bits per heavy atom. The maximum atomic E-state index is 14.1. The van der Waals surface area contributed by atoms with Crippen molar-refractivity contribution < 1.29 is 27.5 Å². The van der Waals surface area contributed by atoms with Crippen LogP contribution in [0.15, 0.2) is 34.7 Å². The minimum atomic E-state index is -1.32. The summed E-state index contributed by atoms with van der Waals surface area (Å²) in [4.78, 5) is 11.4. The Bertz CT molecular complexity index is 958. The minimum absolute atomic E-state index is 0.0856. The van der Waals surface area contributed by atoms with E-state index in [0.717, 1.165) is 6.07 Å². The van der Waals surface area contributed by atoms with Crippen molar-refractivity contribution in [3.63, 3.8) is 0 Å². The quantitative estimate of drug-likeness (QED) is 0.658. The third-order valence-corrected chi connectivity index (χ3v) is 3.81. The van der Waals surface area contributed by atoms with Gasteiger partial charge in [-0.25, -0.2) is 18.0 Å². The predicted octanol–water partition coefficient (Wildman–Crippen LogP) is 5.34. The Morgan fingerprint density at radius 3 is 2.46 bits per heavy atom. The van der Waals surface area contributed by atoms with E-state index in [1.165, 1.54) is 6.07 Å². The van der Waals surface area contributed by atoms with E-state index in [2.05, 4.69) is 0 Å². The van der Waals surface area contributed by atoms with Gasteiger partial charge >= 0.3 is 5.97 Å². The summed E-state index contributed by atoms with van der Waals surface area (Å²) in [5, 5.41) is 9.81. The van der Waals surface area contributed by atoms with Crippen molar-refractivity contribution in [3.05, 3.63) is 59.1 Å². The van der Waals surface area contributed by atoms with Crippen LogP contribution in [0.2, 0.25) is 0 Å². The summed E-state index contributed by atoms with van der Waals surface area (Å²) < 4.78 is 46.6. The van der Waals surface area contributed by atoms with Gasteiger partial charge in [0.05, 0.1) is 0 Å². The molecule has 0 spiro atoms. The average molecular weight is 334 g/mol. The zero-order valence-corrected chi connectivity index (χ0v) is 12.9. The number of furan rings is 1. The van der Waals surface area contributed by atoms with E-state index in [-0.39, 0.29) is 28.4 Å². The summed E-state index contributed by atoms with van der Waals surface area (Å²) in [6, 6.07) is 5.93. The summed E-state index contributed by atoms with van der Waals surface area (Å²) >= 11 is 0. The first-order chi connectivity index (χ1) is 11.3. The zero-order valence-electron chi connectivity index (χ0n) is 12.9. The van der Waals surface area contributed by atoms with Gasteiger partial charge in [-0.2, -0.15) is 0 Å². The highest BCUT2D eigenvalue weighted by atomic mass is 19.2. The second-order valence-electron chi connectivity index (χ2n) is 5.74. The Kier molecular flexibility index (Phi) is 3.83. The summed E-state index contributed by atoms with van der Waals surface area (Å²) in [5.41, 5.74) is 0.316. The third kappa shape index (κ3) is 2.44. The van der Waals surface area contributed by atoms with E-state index in [9.17, 15) is 23.1 Å². The van der Waals surface area contributed by atoms with E-state index in [1.54, 1.807) is 26.0 Å². The van der Waals surface area contributed by atoms with Gasteiger partial charge in [-0.1, -0.05) is 32.0 Å². The fourth-order valence-corrected chi connectivity index (χ4v) is 2.83. The molecule has 0 atom stereocenters. The largest absolute Gasteiger partial charge is 0.475 e. The van der Waals surface area contributed by atoms with Gasteiger partial charge in [0.2, 0.25) is 5.76 Å². The van der Waals surface area contributed by atoms with Crippen LogP contribution in [0.4, 0.5) is 13.2 Å². The lowest BCUT2D eigenvalue weighted by Crippen LogP contribution is -2.00. The van der Waals surface area contributed by atoms with Gasteiger partial charge in [0.1, 0.15) is 11.4 Å². The Hall–Kier alpha value is -2.76. The SMILES string of the molecule is CC(C)c1c(C(=O)O)oc2c(-c3cc(F)cc(F)c3F)cccc12. The van der Waals surface area contributed by atoms with E-state index >= 15 is 0 Å². The van der Waals surface area contributed by atoms with Crippen molar-refractivity contribution in [2.45, 2.75) is 19.8 Å². The van der Waals surface area contributed by atoms with Gasteiger partial charge in [-0.3, -0.25) is 0 Å². The lowest BCUT2D eigenvalue weighted by atomic mass is 9.96. The molecule has 0 amide bonds. The van der Waals surface area contributed by atoms with Crippen LogP contribution in [0.1, 0.15) is 35.9 Å².